The topological polar surface area (TPSA) is 94.7 Å². The summed E-state index contributed by atoms with van der Waals surface area (Å²) >= 11 is 1.69. The number of rotatable bonds is 6. The second-order valence-electron chi connectivity index (χ2n) is 8.68. The number of nitrogens with zero attached hydrogens (tertiary/aromatic N) is 5. The molecule has 172 valence electrons. The molecular formula is C23H31N5O3S. The lowest BCUT2D eigenvalue weighted by Crippen LogP contribution is -2.59. The fourth-order valence-electron chi connectivity index (χ4n) is 4.16. The Bertz CT molecular complexity index is 986. The van der Waals surface area contributed by atoms with E-state index in [-0.39, 0.29) is 6.04 Å². The summed E-state index contributed by atoms with van der Waals surface area (Å²) in [5.41, 5.74) is 3.19. The molecule has 2 aliphatic rings. The van der Waals surface area contributed by atoms with Gasteiger partial charge in [-0.1, -0.05) is 30.3 Å². The van der Waals surface area contributed by atoms with Crippen molar-refractivity contribution in [1.29, 1.82) is 0 Å². The van der Waals surface area contributed by atoms with Gasteiger partial charge in [-0.05, 0) is 44.1 Å². The van der Waals surface area contributed by atoms with Crippen LogP contribution in [0.15, 0.2) is 36.7 Å². The highest BCUT2D eigenvalue weighted by molar-refractivity contribution is 7.99. The molecule has 1 aromatic carbocycles. The molecule has 8 nitrogen and oxygen atoms in total. The minimum Gasteiger partial charge on any atom is -0.346 e. The maximum Gasteiger partial charge on any atom is 0.309 e. The van der Waals surface area contributed by atoms with Gasteiger partial charge in [0.1, 0.15) is 6.33 Å². The maximum absolute atomic E-state index is 12.8. The highest BCUT2D eigenvalue weighted by Gasteiger charge is 2.46. The molecule has 32 heavy (non-hydrogen) atoms. The van der Waals surface area contributed by atoms with Gasteiger partial charge >= 0.3 is 5.91 Å². The van der Waals surface area contributed by atoms with Gasteiger partial charge in [-0.15, -0.1) is 0 Å². The van der Waals surface area contributed by atoms with Crippen molar-refractivity contribution in [3.8, 4) is 11.4 Å². The highest BCUT2D eigenvalue weighted by Crippen LogP contribution is 2.29. The van der Waals surface area contributed by atoms with Gasteiger partial charge in [0.2, 0.25) is 0 Å². The number of aliphatic hydroxyl groups is 2. The van der Waals surface area contributed by atoms with Gasteiger partial charge in [0.15, 0.2) is 5.82 Å². The van der Waals surface area contributed by atoms with Crippen LogP contribution in [-0.4, -0.2) is 84.3 Å². The molecule has 1 atom stereocenters. The number of benzene rings is 1. The minimum atomic E-state index is -2.44. The third kappa shape index (κ3) is 4.61. The van der Waals surface area contributed by atoms with Crippen molar-refractivity contribution in [2.45, 2.75) is 43.9 Å². The molecular weight excluding hydrogens is 426 g/mol. The molecule has 0 aliphatic carbocycles. The molecule has 4 rings (SSSR count). The molecule has 0 radical (unpaired) electrons. The number of likely N-dealkylation sites (tertiary alicyclic amines) is 1. The Morgan fingerprint density at radius 1 is 1.19 bits per heavy atom. The van der Waals surface area contributed by atoms with E-state index in [0.29, 0.717) is 43.7 Å². The Hall–Kier alpha value is -2.20. The molecule has 0 saturated carbocycles. The predicted molar refractivity (Wildman–Crippen MR) is 126 cm³/mol. The second-order valence-corrected chi connectivity index (χ2v) is 9.82. The van der Waals surface area contributed by atoms with Crippen LogP contribution in [-0.2, 0) is 4.79 Å². The molecule has 1 saturated heterocycles. The normalized spacial score (nSPS) is 20.1. The zero-order valence-corrected chi connectivity index (χ0v) is 19.6. The van der Waals surface area contributed by atoms with E-state index >= 15 is 0 Å². The minimum absolute atomic E-state index is 0.266. The summed E-state index contributed by atoms with van der Waals surface area (Å²) in [6.07, 6.45) is 7.26. The summed E-state index contributed by atoms with van der Waals surface area (Å²) in [6, 6.07) is 8.38. The zero-order valence-electron chi connectivity index (χ0n) is 18.8. The van der Waals surface area contributed by atoms with E-state index in [2.05, 4.69) is 23.9 Å². The number of hydrogen-bond acceptors (Lipinski definition) is 7. The van der Waals surface area contributed by atoms with Crippen LogP contribution in [0, 0.1) is 0 Å². The monoisotopic (exact) mass is 457 g/mol. The SMILES string of the molecule is CS[C@H]1CCN(C(O)(O)C(=O)N2CC=C(c3ccc(-c4ncn(C(C)C)n4)cc3)CC2)C1. The Balaban J connectivity index is 1.40. The van der Waals surface area contributed by atoms with Crippen LogP contribution < -0.4 is 0 Å². The van der Waals surface area contributed by atoms with E-state index in [4.69, 9.17) is 0 Å². The van der Waals surface area contributed by atoms with Gasteiger partial charge < -0.3 is 15.1 Å². The van der Waals surface area contributed by atoms with Crippen LogP contribution >= 0.6 is 11.8 Å². The molecule has 1 fully saturated rings. The smallest absolute Gasteiger partial charge is 0.309 e. The molecule has 0 unspecified atom stereocenters. The van der Waals surface area contributed by atoms with Crippen molar-refractivity contribution in [2.75, 3.05) is 32.4 Å². The van der Waals surface area contributed by atoms with E-state index in [1.54, 1.807) is 18.1 Å². The number of carbonyl (C=O) groups excluding carboxylic acids is 1. The largest absolute Gasteiger partial charge is 0.346 e. The van der Waals surface area contributed by atoms with Gasteiger partial charge in [0.05, 0.1) is 0 Å². The first-order valence-corrected chi connectivity index (χ1v) is 12.3. The maximum atomic E-state index is 12.8. The summed E-state index contributed by atoms with van der Waals surface area (Å²) in [5, 5.41) is 25.9. The van der Waals surface area contributed by atoms with Gasteiger partial charge in [-0.2, -0.15) is 16.9 Å². The summed E-state index contributed by atoms with van der Waals surface area (Å²) in [5.74, 6) is -2.38. The first kappa shape index (κ1) is 23.0. The molecule has 0 bridgehead atoms. The van der Waals surface area contributed by atoms with Gasteiger partial charge in [-0.3, -0.25) is 4.79 Å². The first-order valence-electron chi connectivity index (χ1n) is 11.0. The van der Waals surface area contributed by atoms with Crippen molar-refractivity contribution >= 4 is 23.2 Å². The van der Waals surface area contributed by atoms with Crippen molar-refractivity contribution in [2.24, 2.45) is 0 Å². The number of carbonyl (C=O) groups is 1. The third-order valence-electron chi connectivity index (χ3n) is 6.25. The number of aromatic nitrogens is 3. The standard InChI is InChI=1S/C23H31N5O3S/c1-16(2)28-15-24-21(25-28)19-6-4-17(5-7-19)18-8-11-26(12-9-18)22(29)23(30,31)27-13-10-20(14-27)32-3/h4-8,15-16,20,30-31H,9-14H2,1-3H3/t20-/m0/s1. The van der Waals surface area contributed by atoms with Crippen LogP contribution in [0.1, 0.15) is 38.3 Å². The van der Waals surface area contributed by atoms with E-state index in [9.17, 15) is 15.0 Å². The fourth-order valence-corrected chi connectivity index (χ4v) is 4.83. The van der Waals surface area contributed by atoms with E-state index < -0.39 is 11.8 Å². The van der Waals surface area contributed by atoms with Gasteiger partial charge in [0.25, 0.3) is 5.91 Å². The van der Waals surface area contributed by atoms with E-state index in [1.807, 2.05) is 41.3 Å². The second kappa shape index (κ2) is 9.35. The van der Waals surface area contributed by atoms with Crippen molar-refractivity contribution in [3.05, 3.63) is 42.2 Å². The summed E-state index contributed by atoms with van der Waals surface area (Å²) in [6.45, 7) is 5.96. The first-order chi connectivity index (χ1) is 15.3. The molecule has 2 aromatic rings. The van der Waals surface area contributed by atoms with Crippen LogP contribution in [0.4, 0.5) is 0 Å². The number of amides is 1. The number of hydrogen-bond donors (Lipinski definition) is 2. The quantitative estimate of drug-likeness (QED) is 0.642. The molecule has 3 heterocycles. The molecule has 2 aliphatic heterocycles. The summed E-state index contributed by atoms with van der Waals surface area (Å²) in [4.78, 5) is 20.2. The number of thioether (sulfide) groups is 1. The Morgan fingerprint density at radius 3 is 2.47 bits per heavy atom. The van der Waals surface area contributed by atoms with Crippen LogP contribution in [0.5, 0.6) is 0 Å². The molecule has 1 aromatic heterocycles. The van der Waals surface area contributed by atoms with Crippen molar-refractivity contribution in [3.63, 3.8) is 0 Å². The molecule has 2 N–H and O–H groups in total. The third-order valence-corrected chi connectivity index (χ3v) is 7.31. The fraction of sp³-hybridized carbons (Fsp3) is 0.522. The van der Waals surface area contributed by atoms with Crippen molar-refractivity contribution in [1.82, 2.24) is 24.6 Å². The highest BCUT2D eigenvalue weighted by atomic mass is 32.2. The zero-order chi connectivity index (χ0) is 22.9. The summed E-state index contributed by atoms with van der Waals surface area (Å²) < 4.78 is 1.84. The van der Waals surface area contributed by atoms with Crippen LogP contribution in [0.3, 0.4) is 0 Å². The van der Waals surface area contributed by atoms with Crippen LogP contribution in [0.2, 0.25) is 0 Å². The van der Waals surface area contributed by atoms with Gasteiger partial charge in [-0.25, -0.2) is 14.6 Å². The van der Waals surface area contributed by atoms with Crippen LogP contribution in [0.25, 0.3) is 17.0 Å². The lowest BCUT2D eigenvalue weighted by Gasteiger charge is -2.36. The van der Waals surface area contributed by atoms with E-state index in [0.717, 1.165) is 23.1 Å². The Labute approximate surface area is 192 Å². The van der Waals surface area contributed by atoms with Crippen molar-refractivity contribution < 1.29 is 15.0 Å². The van der Waals surface area contributed by atoms with Gasteiger partial charge in [0, 0.05) is 43.0 Å². The summed E-state index contributed by atoms with van der Waals surface area (Å²) in [7, 11) is 0. The predicted octanol–water partition coefficient (Wildman–Crippen LogP) is 2.22. The lowest BCUT2D eigenvalue weighted by atomic mass is 9.98. The Kier molecular flexibility index (Phi) is 6.71. The molecule has 9 heteroatoms. The Morgan fingerprint density at radius 2 is 1.91 bits per heavy atom. The average molecular weight is 458 g/mol. The molecule has 1 amide bonds. The average Bonchev–Trinajstić information content (AvgIpc) is 3.49. The van der Waals surface area contributed by atoms with E-state index in [1.165, 1.54) is 9.80 Å². The molecule has 0 spiro atoms. The lowest BCUT2D eigenvalue weighted by molar-refractivity contribution is -0.253.